The number of nitrogens with one attached hydrogen (secondary N) is 1. The second kappa shape index (κ2) is 6.56. The largest absolute Gasteiger partial charge is 0.493 e. The van der Waals surface area contributed by atoms with Crippen LogP contribution in [0.1, 0.15) is 0 Å². The van der Waals surface area contributed by atoms with Gasteiger partial charge < -0.3 is 14.8 Å². The van der Waals surface area contributed by atoms with Crippen molar-refractivity contribution in [2.45, 2.75) is 6.54 Å². The van der Waals surface area contributed by atoms with E-state index < -0.39 is 0 Å². The summed E-state index contributed by atoms with van der Waals surface area (Å²) in [5.74, 6) is 0.713. The summed E-state index contributed by atoms with van der Waals surface area (Å²) in [5, 5.41) is 6.49. The van der Waals surface area contributed by atoms with Gasteiger partial charge in [-0.15, -0.1) is 0 Å². The van der Waals surface area contributed by atoms with Gasteiger partial charge in [0.1, 0.15) is 6.54 Å². The first-order chi connectivity index (χ1) is 10.1. The predicted molar refractivity (Wildman–Crippen MR) is 76.7 cm³/mol. The van der Waals surface area contributed by atoms with E-state index in [1.807, 2.05) is 0 Å². The Kier molecular flexibility index (Phi) is 4.55. The quantitative estimate of drug-likeness (QED) is 0.884. The van der Waals surface area contributed by atoms with Crippen LogP contribution in [0.2, 0.25) is 0 Å². The van der Waals surface area contributed by atoms with E-state index in [0.717, 1.165) is 4.68 Å². The molecule has 0 aliphatic heterocycles. The van der Waals surface area contributed by atoms with Gasteiger partial charge in [-0.25, -0.2) is 4.68 Å². The molecule has 7 heteroatoms. The molecule has 0 aliphatic rings. The third kappa shape index (κ3) is 3.59. The molecule has 2 aromatic rings. The Labute approximate surface area is 121 Å². The molecule has 0 radical (unpaired) electrons. The van der Waals surface area contributed by atoms with E-state index in [1.165, 1.54) is 32.5 Å². The highest BCUT2D eigenvalue weighted by Crippen LogP contribution is 2.29. The summed E-state index contributed by atoms with van der Waals surface area (Å²) >= 11 is 0. The van der Waals surface area contributed by atoms with E-state index in [-0.39, 0.29) is 18.0 Å². The highest BCUT2D eigenvalue weighted by atomic mass is 16.5. The summed E-state index contributed by atoms with van der Waals surface area (Å²) in [5.41, 5.74) is 0.210. The summed E-state index contributed by atoms with van der Waals surface area (Å²) in [6, 6.07) is 7.86. The third-order valence-corrected chi connectivity index (χ3v) is 2.75. The van der Waals surface area contributed by atoms with Crippen LogP contribution < -0.4 is 20.3 Å². The average Bonchev–Trinajstić information content (AvgIpc) is 2.49. The van der Waals surface area contributed by atoms with Crippen molar-refractivity contribution in [1.82, 2.24) is 9.78 Å². The Hall–Kier alpha value is -2.83. The molecule has 0 saturated heterocycles. The fraction of sp³-hybridized carbons (Fsp3) is 0.214. The average molecular weight is 289 g/mol. The van der Waals surface area contributed by atoms with Crippen LogP contribution in [0.5, 0.6) is 11.5 Å². The monoisotopic (exact) mass is 289 g/mol. The molecular formula is C14H15N3O4. The Balaban J connectivity index is 2.10. The Morgan fingerprint density at radius 1 is 1.24 bits per heavy atom. The van der Waals surface area contributed by atoms with Crippen LogP contribution in [-0.2, 0) is 11.3 Å². The van der Waals surface area contributed by atoms with Crippen LogP contribution in [-0.4, -0.2) is 29.9 Å². The molecule has 0 atom stereocenters. The van der Waals surface area contributed by atoms with Gasteiger partial charge in [-0.3, -0.25) is 9.59 Å². The van der Waals surface area contributed by atoms with Crippen molar-refractivity contribution in [3.63, 3.8) is 0 Å². The Morgan fingerprint density at radius 3 is 2.67 bits per heavy atom. The van der Waals surface area contributed by atoms with E-state index in [0.29, 0.717) is 17.2 Å². The van der Waals surface area contributed by atoms with Crippen molar-refractivity contribution >= 4 is 11.6 Å². The van der Waals surface area contributed by atoms with E-state index in [2.05, 4.69) is 10.4 Å². The van der Waals surface area contributed by atoms with Crippen LogP contribution in [0.15, 0.2) is 41.3 Å². The number of benzene rings is 1. The molecule has 21 heavy (non-hydrogen) atoms. The second-order valence-corrected chi connectivity index (χ2v) is 4.14. The van der Waals surface area contributed by atoms with E-state index in [1.54, 1.807) is 18.2 Å². The first-order valence-electron chi connectivity index (χ1n) is 6.18. The Bertz CT molecular complexity index is 697. The van der Waals surface area contributed by atoms with Crippen LogP contribution in [0.4, 0.5) is 5.69 Å². The van der Waals surface area contributed by atoms with Crippen molar-refractivity contribution in [1.29, 1.82) is 0 Å². The van der Waals surface area contributed by atoms with Crippen molar-refractivity contribution in [2.75, 3.05) is 19.5 Å². The van der Waals surface area contributed by atoms with Gasteiger partial charge in [0.15, 0.2) is 11.5 Å². The molecule has 0 unspecified atom stereocenters. The zero-order valence-corrected chi connectivity index (χ0v) is 11.7. The lowest BCUT2D eigenvalue weighted by Crippen LogP contribution is -2.28. The van der Waals surface area contributed by atoms with Crippen LogP contribution in [0.25, 0.3) is 0 Å². The molecule has 0 fully saturated rings. The lowest BCUT2D eigenvalue weighted by molar-refractivity contribution is -0.117. The number of nitrogens with zero attached hydrogens (tertiary/aromatic N) is 2. The summed E-state index contributed by atoms with van der Waals surface area (Å²) < 4.78 is 11.3. The van der Waals surface area contributed by atoms with Gasteiger partial charge in [0.25, 0.3) is 5.56 Å². The molecule has 0 saturated carbocycles. The topological polar surface area (TPSA) is 82.5 Å². The normalized spacial score (nSPS) is 10.0. The van der Waals surface area contributed by atoms with E-state index in [4.69, 9.17) is 9.47 Å². The zero-order valence-electron chi connectivity index (χ0n) is 11.7. The van der Waals surface area contributed by atoms with Gasteiger partial charge >= 0.3 is 0 Å². The minimum Gasteiger partial charge on any atom is -0.493 e. The third-order valence-electron chi connectivity index (χ3n) is 2.75. The molecule has 2 rings (SSSR count). The van der Waals surface area contributed by atoms with Gasteiger partial charge in [-0.2, -0.15) is 5.10 Å². The number of hydrogen-bond acceptors (Lipinski definition) is 5. The maximum atomic E-state index is 11.9. The molecule has 0 bridgehead atoms. The fourth-order valence-corrected chi connectivity index (χ4v) is 1.76. The number of anilines is 1. The minimum atomic E-state index is -0.358. The second-order valence-electron chi connectivity index (χ2n) is 4.14. The number of carbonyl (C=O) groups is 1. The minimum absolute atomic E-state index is 0.159. The highest BCUT2D eigenvalue weighted by molar-refractivity contribution is 5.90. The zero-order chi connectivity index (χ0) is 15.2. The SMILES string of the molecule is COc1ccc(NC(=O)Cn2ncccc2=O)cc1OC. The number of aromatic nitrogens is 2. The number of ether oxygens (including phenoxy) is 2. The molecule has 0 aliphatic carbocycles. The number of methoxy groups -OCH3 is 2. The van der Waals surface area contributed by atoms with Gasteiger partial charge in [0, 0.05) is 24.0 Å². The first kappa shape index (κ1) is 14.6. The maximum absolute atomic E-state index is 11.9. The number of carbonyl (C=O) groups excluding carboxylic acids is 1. The highest BCUT2D eigenvalue weighted by Gasteiger charge is 2.08. The molecule has 110 valence electrons. The van der Waals surface area contributed by atoms with E-state index in [9.17, 15) is 9.59 Å². The molecule has 1 N–H and O–H groups in total. The standard InChI is InChI=1S/C14H15N3O4/c1-20-11-6-5-10(8-12(11)21-2)16-13(18)9-17-14(19)4-3-7-15-17/h3-8H,9H2,1-2H3,(H,16,18). The smallest absolute Gasteiger partial charge is 0.267 e. The van der Waals surface area contributed by atoms with Crippen LogP contribution in [0, 0.1) is 0 Å². The Morgan fingerprint density at radius 2 is 2.00 bits per heavy atom. The molecule has 0 spiro atoms. The van der Waals surface area contributed by atoms with Crippen molar-refractivity contribution in [3.8, 4) is 11.5 Å². The first-order valence-corrected chi connectivity index (χ1v) is 6.18. The number of hydrogen-bond donors (Lipinski definition) is 1. The van der Waals surface area contributed by atoms with Gasteiger partial charge in [0.05, 0.1) is 14.2 Å². The summed E-state index contributed by atoms with van der Waals surface area (Å²) in [6.07, 6.45) is 1.45. The molecular weight excluding hydrogens is 274 g/mol. The van der Waals surface area contributed by atoms with Gasteiger partial charge in [0.2, 0.25) is 5.91 Å². The van der Waals surface area contributed by atoms with Crippen molar-refractivity contribution < 1.29 is 14.3 Å². The lowest BCUT2D eigenvalue weighted by Gasteiger charge is -2.10. The van der Waals surface area contributed by atoms with Gasteiger partial charge in [-0.1, -0.05) is 0 Å². The molecule has 1 heterocycles. The fourth-order valence-electron chi connectivity index (χ4n) is 1.76. The van der Waals surface area contributed by atoms with E-state index >= 15 is 0 Å². The predicted octanol–water partition coefficient (Wildman–Crippen LogP) is 0.899. The summed E-state index contributed by atoms with van der Waals surface area (Å²) in [6.45, 7) is -0.159. The van der Waals surface area contributed by atoms with Crippen LogP contribution in [0.3, 0.4) is 0 Å². The molecule has 1 aromatic carbocycles. The summed E-state index contributed by atoms with van der Waals surface area (Å²) in [4.78, 5) is 23.4. The van der Waals surface area contributed by atoms with Crippen molar-refractivity contribution in [2.24, 2.45) is 0 Å². The number of amides is 1. The molecule has 7 nitrogen and oxygen atoms in total. The van der Waals surface area contributed by atoms with Crippen molar-refractivity contribution in [3.05, 3.63) is 46.9 Å². The summed E-state index contributed by atoms with van der Waals surface area (Å²) in [7, 11) is 3.04. The lowest BCUT2D eigenvalue weighted by atomic mass is 10.2. The molecule has 1 aromatic heterocycles. The van der Waals surface area contributed by atoms with Crippen LogP contribution >= 0.6 is 0 Å². The molecule has 1 amide bonds. The number of rotatable bonds is 5. The van der Waals surface area contributed by atoms with Gasteiger partial charge in [-0.05, 0) is 18.2 Å². The maximum Gasteiger partial charge on any atom is 0.267 e.